The molecular formula is C17H15N3O2S. The highest BCUT2D eigenvalue weighted by molar-refractivity contribution is 8.00. The molecule has 2 aromatic heterocycles. The highest BCUT2D eigenvalue weighted by atomic mass is 32.2. The molecule has 6 heteroatoms. The van der Waals surface area contributed by atoms with Gasteiger partial charge in [0.15, 0.2) is 5.78 Å². The minimum absolute atomic E-state index is 0.0404. The van der Waals surface area contributed by atoms with Crippen LogP contribution in [-0.4, -0.2) is 26.2 Å². The number of nitrogens with zero attached hydrogens (tertiary/aromatic N) is 3. The summed E-state index contributed by atoms with van der Waals surface area (Å²) in [7, 11) is 0. The predicted molar refractivity (Wildman–Crippen MR) is 88.4 cm³/mol. The molecule has 3 aromatic rings. The van der Waals surface area contributed by atoms with Crippen molar-refractivity contribution in [2.75, 3.05) is 0 Å². The minimum Gasteiger partial charge on any atom is -0.411 e. The molecular weight excluding hydrogens is 310 g/mol. The first-order chi connectivity index (χ1) is 11.1. The number of hydrogen-bond donors (Lipinski definition) is 0. The third-order valence-corrected chi connectivity index (χ3v) is 4.25. The van der Waals surface area contributed by atoms with Crippen LogP contribution < -0.4 is 0 Å². The lowest BCUT2D eigenvalue weighted by Crippen LogP contribution is -2.13. The van der Waals surface area contributed by atoms with Crippen LogP contribution in [0.1, 0.15) is 22.8 Å². The monoisotopic (exact) mass is 325 g/mol. The Balaban J connectivity index is 1.71. The van der Waals surface area contributed by atoms with Crippen LogP contribution in [0.5, 0.6) is 0 Å². The van der Waals surface area contributed by atoms with E-state index in [1.807, 2.05) is 38.1 Å². The molecule has 3 rings (SSSR count). The largest absolute Gasteiger partial charge is 0.411 e. The van der Waals surface area contributed by atoms with Gasteiger partial charge in [-0.05, 0) is 26.0 Å². The first-order valence-electron chi connectivity index (χ1n) is 7.15. The Labute approximate surface area is 138 Å². The van der Waals surface area contributed by atoms with Crippen LogP contribution >= 0.6 is 11.8 Å². The second-order valence-electron chi connectivity index (χ2n) is 5.10. The molecule has 116 valence electrons. The van der Waals surface area contributed by atoms with Gasteiger partial charge in [0.2, 0.25) is 5.89 Å². The molecule has 1 aromatic carbocycles. The predicted octanol–water partition coefficient (Wildman–Crippen LogP) is 3.80. The van der Waals surface area contributed by atoms with Crippen LogP contribution in [-0.2, 0) is 0 Å². The van der Waals surface area contributed by atoms with Gasteiger partial charge >= 0.3 is 0 Å². The topological polar surface area (TPSA) is 68.9 Å². The molecule has 0 aliphatic heterocycles. The molecule has 2 heterocycles. The molecule has 0 fully saturated rings. The summed E-state index contributed by atoms with van der Waals surface area (Å²) in [5.74, 6) is 0.462. The zero-order valence-electron chi connectivity index (χ0n) is 12.8. The maximum absolute atomic E-state index is 12.4. The SMILES string of the molecule is Cc1ccc(C(=O)C(C)Sc2nnc(-c3ccncc3)o2)cc1. The average molecular weight is 325 g/mol. The fourth-order valence-electron chi connectivity index (χ4n) is 2.03. The number of hydrogen-bond acceptors (Lipinski definition) is 6. The van der Waals surface area contributed by atoms with E-state index in [0.717, 1.165) is 11.1 Å². The van der Waals surface area contributed by atoms with Crippen LogP contribution in [0.3, 0.4) is 0 Å². The van der Waals surface area contributed by atoms with Crippen LogP contribution in [0.4, 0.5) is 0 Å². The standard InChI is InChI=1S/C17H15N3O2S/c1-11-3-5-13(6-4-11)15(21)12(2)23-17-20-19-16(22-17)14-7-9-18-10-8-14/h3-10,12H,1-2H3. The van der Waals surface area contributed by atoms with Gasteiger partial charge in [-0.15, -0.1) is 10.2 Å². The third-order valence-electron chi connectivity index (χ3n) is 3.32. The van der Waals surface area contributed by atoms with Crippen LogP contribution in [0.15, 0.2) is 58.4 Å². The van der Waals surface area contributed by atoms with Crippen molar-refractivity contribution in [1.29, 1.82) is 0 Å². The summed E-state index contributed by atoms with van der Waals surface area (Å²) in [6.07, 6.45) is 3.33. The van der Waals surface area contributed by atoms with E-state index in [4.69, 9.17) is 4.42 Å². The first-order valence-corrected chi connectivity index (χ1v) is 8.03. The summed E-state index contributed by atoms with van der Waals surface area (Å²) < 4.78 is 5.61. The Hall–Kier alpha value is -2.47. The molecule has 0 bridgehead atoms. The van der Waals surface area contributed by atoms with Gasteiger partial charge in [0.25, 0.3) is 5.22 Å². The first kappa shape index (κ1) is 15.4. The molecule has 23 heavy (non-hydrogen) atoms. The van der Waals surface area contributed by atoms with Gasteiger partial charge < -0.3 is 4.42 Å². The second-order valence-corrected chi connectivity index (χ2v) is 6.39. The van der Waals surface area contributed by atoms with Crippen molar-refractivity contribution in [3.05, 3.63) is 59.9 Å². The number of ketones is 1. The molecule has 5 nitrogen and oxygen atoms in total. The number of pyridine rings is 1. The molecule has 1 unspecified atom stereocenters. The Morgan fingerprint density at radius 2 is 1.78 bits per heavy atom. The van der Waals surface area contributed by atoms with Gasteiger partial charge in [0.1, 0.15) is 0 Å². The number of carbonyl (C=O) groups excluding carboxylic acids is 1. The maximum Gasteiger partial charge on any atom is 0.277 e. The van der Waals surface area contributed by atoms with Crippen LogP contribution in [0, 0.1) is 6.92 Å². The van der Waals surface area contributed by atoms with Crippen molar-refractivity contribution in [2.45, 2.75) is 24.3 Å². The summed E-state index contributed by atoms with van der Waals surface area (Å²) in [5, 5.41) is 8.08. The number of carbonyl (C=O) groups is 1. The zero-order chi connectivity index (χ0) is 16.2. The van der Waals surface area contributed by atoms with Gasteiger partial charge in [0, 0.05) is 23.5 Å². The zero-order valence-corrected chi connectivity index (χ0v) is 13.6. The fourth-order valence-corrected chi connectivity index (χ4v) is 2.79. The van der Waals surface area contributed by atoms with Gasteiger partial charge in [-0.25, -0.2) is 0 Å². The molecule has 0 saturated heterocycles. The number of rotatable bonds is 5. The number of aromatic nitrogens is 3. The molecule has 0 aliphatic carbocycles. The molecule has 0 radical (unpaired) electrons. The van der Waals surface area contributed by atoms with E-state index < -0.39 is 0 Å². The van der Waals surface area contributed by atoms with Gasteiger partial charge in [-0.1, -0.05) is 41.6 Å². The highest BCUT2D eigenvalue weighted by Gasteiger charge is 2.20. The maximum atomic E-state index is 12.4. The Kier molecular flexibility index (Phi) is 4.52. The number of Topliss-reactive ketones (excluding diaryl/α,β-unsaturated/α-hetero) is 1. The Bertz CT molecular complexity index is 800. The summed E-state index contributed by atoms with van der Waals surface area (Å²) in [5.41, 5.74) is 2.61. The van der Waals surface area contributed by atoms with Crippen molar-refractivity contribution >= 4 is 17.5 Å². The second kappa shape index (κ2) is 6.75. The molecule has 0 spiro atoms. The molecule has 0 saturated carbocycles. The lowest BCUT2D eigenvalue weighted by Gasteiger charge is -2.07. The minimum atomic E-state index is -0.302. The smallest absolute Gasteiger partial charge is 0.277 e. The Morgan fingerprint density at radius 1 is 1.09 bits per heavy atom. The molecule has 1 atom stereocenters. The summed E-state index contributed by atoms with van der Waals surface area (Å²) >= 11 is 1.26. The van der Waals surface area contributed by atoms with Gasteiger partial charge in [0.05, 0.1) is 5.25 Å². The van der Waals surface area contributed by atoms with Gasteiger partial charge in [-0.2, -0.15) is 0 Å². The number of aryl methyl sites for hydroxylation is 1. The van der Waals surface area contributed by atoms with Crippen LogP contribution in [0.2, 0.25) is 0 Å². The molecule has 0 N–H and O–H groups in total. The van der Waals surface area contributed by atoms with Crippen LogP contribution in [0.25, 0.3) is 11.5 Å². The van der Waals surface area contributed by atoms with E-state index in [2.05, 4.69) is 15.2 Å². The van der Waals surface area contributed by atoms with E-state index in [1.165, 1.54) is 11.8 Å². The van der Waals surface area contributed by atoms with Gasteiger partial charge in [-0.3, -0.25) is 9.78 Å². The van der Waals surface area contributed by atoms with Crippen molar-refractivity contribution in [1.82, 2.24) is 15.2 Å². The lowest BCUT2D eigenvalue weighted by molar-refractivity contribution is 0.0993. The van der Waals surface area contributed by atoms with Crippen molar-refractivity contribution in [2.24, 2.45) is 0 Å². The van der Waals surface area contributed by atoms with Crippen molar-refractivity contribution in [3.63, 3.8) is 0 Å². The Morgan fingerprint density at radius 3 is 2.48 bits per heavy atom. The van der Waals surface area contributed by atoms with E-state index in [-0.39, 0.29) is 11.0 Å². The van der Waals surface area contributed by atoms with E-state index in [9.17, 15) is 4.79 Å². The quantitative estimate of drug-likeness (QED) is 0.525. The number of benzene rings is 1. The van der Waals surface area contributed by atoms with E-state index in [0.29, 0.717) is 16.7 Å². The van der Waals surface area contributed by atoms with E-state index >= 15 is 0 Å². The summed E-state index contributed by atoms with van der Waals surface area (Å²) in [6.45, 7) is 3.83. The van der Waals surface area contributed by atoms with Crippen molar-refractivity contribution < 1.29 is 9.21 Å². The highest BCUT2D eigenvalue weighted by Crippen LogP contribution is 2.27. The lowest BCUT2D eigenvalue weighted by atomic mass is 10.1. The average Bonchev–Trinajstić information content (AvgIpc) is 3.04. The fraction of sp³-hybridized carbons (Fsp3) is 0.176. The van der Waals surface area contributed by atoms with Crippen molar-refractivity contribution in [3.8, 4) is 11.5 Å². The van der Waals surface area contributed by atoms with E-state index in [1.54, 1.807) is 24.5 Å². The molecule has 0 amide bonds. The normalized spacial score (nSPS) is 12.1. The summed E-state index contributed by atoms with van der Waals surface area (Å²) in [4.78, 5) is 16.4. The third kappa shape index (κ3) is 3.65. The molecule has 0 aliphatic rings. The summed E-state index contributed by atoms with van der Waals surface area (Å²) in [6, 6.07) is 11.1. The number of thioether (sulfide) groups is 1.